The van der Waals surface area contributed by atoms with Crippen molar-refractivity contribution in [2.24, 2.45) is 0 Å². The maximum absolute atomic E-state index is 2.23. The molecule has 0 fully saturated rings. The molecule has 1 unspecified atom stereocenters. The van der Waals surface area contributed by atoms with Crippen molar-refractivity contribution in [1.29, 1.82) is 0 Å². The van der Waals surface area contributed by atoms with Crippen LogP contribution in [-0.4, -0.2) is 6.16 Å². The van der Waals surface area contributed by atoms with Gasteiger partial charge in [0.25, 0.3) is 0 Å². The third-order valence-electron chi connectivity index (χ3n) is 2.84. The molecule has 17 heavy (non-hydrogen) atoms. The summed E-state index contributed by atoms with van der Waals surface area (Å²) in [6.07, 6.45) is 5.20. The highest BCUT2D eigenvalue weighted by atomic mass is 31.1. The molecule has 0 amide bonds. The molecule has 0 aliphatic carbocycles. The standard InChI is InChI=1S/C16H19P/c1-3-9-15(10-4-1)11-7-8-14-17-16-12-5-2-6-13-16/h1-6,9-10,12-13,17H,7-8,11,14H2. The largest absolute Gasteiger partial charge is 0.0904 e. The minimum Gasteiger partial charge on any atom is -0.0904 e. The van der Waals surface area contributed by atoms with Crippen LogP contribution in [0.1, 0.15) is 18.4 Å². The Balaban J connectivity index is 1.61. The summed E-state index contributed by atoms with van der Waals surface area (Å²) in [4.78, 5) is 0. The molecule has 1 atom stereocenters. The molecule has 2 aromatic carbocycles. The van der Waals surface area contributed by atoms with E-state index >= 15 is 0 Å². The van der Waals surface area contributed by atoms with E-state index in [2.05, 4.69) is 60.7 Å². The monoisotopic (exact) mass is 242 g/mol. The zero-order chi connectivity index (χ0) is 11.8. The van der Waals surface area contributed by atoms with Gasteiger partial charge in [-0.1, -0.05) is 69.2 Å². The summed E-state index contributed by atoms with van der Waals surface area (Å²) in [6, 6.07) is 21.6. The first-order valence-electron chi connectivity index (χ1n) is 6.28. The molecule has 0 aliphatic rings. The summed E-state index contributed by atoms with van der Waals surface area (Å²) >= 11 is 0. The molecule has 0 N–H and O–H groups in total. The lowest BCUT2D eigenvalue weighted by molar-refractivity contribution is 0.802. The second-order valence-electron chi connectivity index (χ2n) is 4.24. The Kier molecular flexibility index (Phi) is 5.26. The molecule has 1 heteroatoms. The van der Waals surface area contributed by atoms with Gasteiger partial charge in [-0.05, 0) is 36.3 Å². The Morgan fingerprint density at radius 1 is 0.706 bits per heavy atom. The van der Waals surface area contributed by atoms with Crippen LogP contribution in [0.25, 0.3) is 0 Å². The normalized spacial score (nSPS) is 11.1. The topological polar surface area (TPSA) is 0 Å². The molecular weight excluding hydrogens is 223 g/mol. The molecule has 0 heterocycles. The SMILES string of the molecule is c1ccc(CCCCPc2ccccc2)cc1. The van der Waals surface area contributed by atoms with Crippen LogP contribution in [0.15, 0.2) is 60.7 Å². The van der Waals surface area contributed by atoms with E-state index in [9.17, 15) is 0 Å². The summed E-state index contributed by atoms with van der Waals surface area (Å²) in [7, 11) is 0.972. The first-order chi connectivity index (χ1) is 8.45. The minimum absolute atomic E-state index is 0.972. The van der Waals surface area contributed by atoms with Crippen LogP contribution >= 0.6 is 8.58 Å². The highest BCUT2D eigenvalue weighted by molar-refractivity contribution is 7.47. The van der Waals surface area contributed by atoms with E-state index in [0.717, 1.165) is 8.58 Å². The van der Waals surface area contributed by atoms with E-state index in [0.29, 0.717) is 0 Å². The lowest BCUT2D eigenvalue weighted by Crippen LogP contribution is -1.94. The van der Waals surface area contributed by atoms with Crippen molar-refractivity contribution in [2.75, 3.05) is 6.16 Å². The van der Waals surface area contributed by atoms with Crippen LogP contribution in [0.3, 0.4) is 0 Å². The molecule has 0 radical (unpaired) electrons. The molecule has 0 aromatic heterocycles. The van der Waals surface area contributed by atoms with Gasteiger partial charge in [0, 0.05) is 0 Å². The van der Waals surface area contributed by atoms with Crippen molar-refractivity contribution < 1.29 is 0 Å². The maximum atomic E-state index is 2.23. The number of hydrogen-bond donors (Lipinski definition) is 0. The average molecular weight is 242 g/mol. The number of benzene rings is 2. The molecule has 88 valence electrons. The van der Waals surface area contributed by atoms with Gasteiger partial charge in [-0.15, -0.1) is 0 Å². The Labute approximate surface area is 106 Å². The van der Waals surface area contributed by atoms with E-state index in [-0.39, 0.29) is 0 Å². The van der Waals surface area contributed by atoms with E-state index in [1.807, 2.05) is 0 Å². The minimum atomic E-state index is 0.972. The highest BCUT2D eigenvalue weighted by Crippen LogP contribution is 2.13. The van der Waals surface area contributed by atoms with E-state index in [1.54, 1.807) is 0 Å². The molecule has 2 aromatic rings. The first kappa shape index (κ1) is 12.3. The molecular formula is C16H19P. The zero-order valence-corrected chi connectivity index (χ0v) is 11.1. The van der Waals surface area contributed by atoms with Gasteiger partial charge in [0.15, 0.2) is 0 Å². The van der Waals surface area contributed by atoms with Crippen molar-refractivity contribution in [2.45, 2.75) is 19.3 Å². The van der Waals surface area contributed by atoms with Crippen molar-refractivity contribution in [3.63, 3.8) is 0 Å². The Hall–Kier alpha value is -1.13. The van der Waals surface area contributed by atoms with Gasteiger partial charge in [-0.25, -0.2) is 0 Å². The van der Waals surface area contributed by atoms with Gasteiger partial charge in [-0.2, -0.15) is 0 Å². The van der Waals surface area contributed by atoms with E-state index in [1.165, 1.54) is 36.3 Å². The molecule has 2 rings (SSSR count). The van der Waals surface area contributed by atoms with Crippen molar-refractivity contribution in [1.82, 2.24) is 0 Å². The summed E-state index contributed by atoms with van der Waals surface area (Å²) in [5, 5.41) is 1.49. The van der Waals surface area contributed by atoms with Crippen LogP contribution < -0.4 is 5.30 Å². The molecule has 0 bridgehead atoms. The predicted octanol–water partition coefficient (Wildman–Crippen LogP) is 4.01. The van der Waals surface area contributed by atoms with Crippen molar-refractivity contribution in [3.05, 3.63) is 66.2 Å². The Morgan fingerprint density at radius 3 is 2.06 bits per heavy atom. The predicted molar refractivity (Wildman–Crippen MR) is 78.6 cm³/mol. The quantitative estimate of drug-likeness (QED) is 0.530. The molecule has 0 nitrogen and oxygen atoms in total. The van der Waals surface area contributed by atoms with Crippen molar-refractivity contribution >= 4 is 13.9 Å². The van der Waals surface area contributed by atoms with Crippen LogP contribution in [0.5, 0.6) is 0 Å². The van der Waals surface area contributed by atoms with Crippen LogP contribution in [-0.2, 0) is 6.42 Å². The van der Waals surface area contributed by atoms with Crippen LogP contribution in [0.4, 0.5) is 0 Å². The average Bonchev–Trinajstić information content (AvgIpc) is 2.41. The van der Waals surface area contributed by atoms with Gasteiger partial charge in [0.2, 0.25) is 0 Å². The fourth-order valence-corrected chi connectivity index (χ4v) is 3.03. The number of unbranched alkanes of at least 4 members (excludes halogenated alkanes) is 1. The van der Waals surface area contributed by atoms with Crippen LogP contribution in [0.2, 0.25) is 0 Å². The van der Waals surface area contributed by atoms with Gasteiger partial charge >= 0.3 is 0 Å². The molecule has 0 aliphatic heterocycles. The Morgan fingerprint density at radius 2 is 1.35 bits per heavy atom. The Bertz CT molecular complexity index is 367. The second-order valence-corrected chi connectivity index (χ2v) is 5.67. The third-order valence-corrected chi connectivity index (χ3v) is 4.18. The maximum Gasteiger partial charge on any atom is -0.0271 e. The fraction of sp³-hybridized carbons (Fsp3) is 0.250. The lowest BCUT2D eigenvalue weighted by Gasteiger charge is -2.02. The van der Waals surface area contributed by atoms with Gasteiger partial charge in [-0.3, -0.25) is 0 Å². The number of rotatable bonds is 6. The number of hydrogen-bond acceptors (Lipinski definition) is 0. The van der Waals surface area contributed by atoms with E-state index < -0.39 is 0 Å². The van der Waals surface area contributed by atoms with Crippen molar-refractivity contribution in [3.8, 4) is 0 Å². The molecule has 0 saturated carbocycles. The zero-order valence-electron chi connectivity index (χ0n) is 10.1. The second kappa shape index (κ2) is 7.25. The number of aryl methyl sites for hydroxylation is 1. The summed E-state index contributed by atoms with van der Waals surface area (Å²) in [5.74, 6) is 0. The molecule has 0 saturated heterocycles. The van der Waals surface area contributed by atoms with Crippen LogP contribution in [0, 0.1) is 0 Å². The summed E-state index contributed by atoms with van der Waals surface area (Å²) in [6.45, 7) is 0. The van der Waals surface area contributed by atoms with Gasteiger partial charge in [0.05, 0.1) is 0 Å². The molecule has 0 spiro atoms. The van der Waals surface area contributed by atoms with Gasteiger partial charge < -0.3 is 0 Å². The lowest BCUT2D eigenvalue weighted by atomic mass is 10.1. The summed E-state index contributed by atoms with van der Waals surface area (Å²) < 4.78 is 0. The smallest absolute Gasteiger partial charge is 0.0271 e. The third kappa shape index (κ3) is 4.71. The highest BCUT2D eigenvalue weighted by Gasteiger charge is 1.94. The van der Waals surface area contributed by atoms with E-state index in [4.69, 9.17) is 0 Å². The first-order valence-corrected chi connectivity index (χ1v) is 7.49. The van der Waals surface area contributed by atoms with Gasteiger partial charge in [0.1, 0.15) is 0 Å². The fourth-order valence-electron chi connectivity index (χ4n) is 1.89. The summed E-state index contributed by atoms with van der Waals surface area (Å²) in [5.41, 5.74) is 1.47.